The molecule has 0 aliphatic heterocycles. The van der Waals surface area contributed by atoms with Crippen LogP contribution in [0.4, 0.5) is 0 Å². The molecule has 0 aliphatic rings. The van der Waals surface area contributed by atoms with Crippen LogP contribution in [0.2, 0.25) is 0 Å². The lowest BCUT2D eigenvalue weighted by Crippen LogP contribution is -2.28. The number of fused-ring (bicyclic) bond motifs is 1. The van der Waals surface area contributed by atoms with Crippen molar-refractivity contribution in [1.82, 2.24) is 4.72 Å². The zero-order valence-electron chi connectivity index (χ0n) is 12.1. The second-order valence-corrected chi connectivity index (χ2v) is 6.36. The lowest BCUT2D eigenvalue weighted by Gasteiger charge is -2.13. The van der Waals surface area contributed by atoms with Crippen molar-refractivity contribution in [2.45, 2.75) is 17.6 Å². The molecule has 0 spiro atoms. The standard InChI is InChI=1S/C15H19NO4S/c1-19-15(20-2)9-10-16-21(17,18)14-8-7-12-5-3-4-6-13(12)11-14/h3-8,11,15-16H,9-10H2,1-2H3. The Bertz CT molecular complexity index is 696. The summed E-state index contributed by atoms with van der Waals surface area (Å²) in [6, 6.07) is 12.7. The van der Waals surface area contributed by atoms with Gasteiger partial charge < -0.3 is 9.47 Å². The number of benzene rings is 2. The Kier molecular flexibility index (Phi) is 5.30. The average molecular weight is 309 g/mol. The molecule has 1 N–H and O–H groups in total. The molecule has 0 atom stereocenters. The third-order valence-electron chi connectivity index (χ3n) is 3.23. The number of sulfonamides is 1. The lowest BCUT2D eigenvalue weighted by atomic mass is 10.1. The van der Waals surface area contributed by atoms with Crippen molar-refractivity contribution >= 4 is 20.8 Å². The quantitative estimate of drug-likeness (QED) is 0.796. The largest absolute Gasteiger partial charge is 0.356 e. The van der Waals surface area contributed by atoms with E-state index < -0.39 is 16.3 Å². The molecule has 0 amide bonds. The van der Waals surface area contributed by atoms with Gasteiger partial charge in [-0.1, -0.05) is 30.3 Å². The first kappa shape index (κ1) is 15.9. The number of rotatable bonds is 7. The van der Waals surface area contributed by atoms with E-state index >= 15 is 0 Å². The van der Waals surface area contributed by atoms with Crippen LogP contribution < -0.4 is 4.72 Å². The minimum absolute atomic E-state index is 0.251. The van der Waals surface area contributed by atoms with E-state index in [0.29, 0.717) is 6.42 Å². The Labute approximate surface area is 124 Å². The van der Waals surface area contributed by atoms with Crippen molar-refractivity contribution in [2.75, 3.05) is 20.8 Å². The average Bonchev–Trinajstić information content (AvgIpc) is 2.51. The van der Waals surface area contributed by atoms with Crippen molar-refractivity contribution in [2.24, 2.45) is 0 Å². The van der Waals surface area contributed by atoms with Gasteiger partial charge in [-0.15, -0.1) is 0 Å². The molecule has 0 aliphatic carbocycles. The summed E-state index contributed by atoms with van der Waals surface area (Å²) in [7, 11) is -0.485. The first-order valence-corrected chi connectivity index (χ1v) is 8.09. The van der Waals surface area contributed by atoms with Crippen LogP contribution in [0.25, 0.3) is 10.8 Å². The van der Waals surface area contributed by atoms with E-state index in [0.717, 1.165) is 10.8 Å². The zero-order chi connectivity index (χ0) is 15.3. The minimum Gasteiger partial charge on any atom is -0.356 e. The predicted molar refractivity (Wildman–Crippen MR) is 81.6 cm³/mol. The number of hydrogen-bond acceptors (Lipinski definition) is 4. The van der Waals surface area contributed by atoms with Gasteiger partial charge in [0.2, 0.25) is 10.0 Å². The molecule has 2 aromatic carbocycles. The van der Waals surface area contributed by atoms with Gasteiger partial charge in [0.1, 0.15) is 0 Å². The van der Waals surface area contributed by atoms with Gasteiger partial charge in [0.25, 0.3) is 0 Å². The monoisotopic (exact) mass is 309 g/mol. The van der Waals surface area contributed by atoms with Gasteiger partial charge in [0, 0.05) is 27.2 Å². The van der Waals surface area contributed by atoms with Crippen LogP contribution in [0.5, 0.6) is 0 Å². The molecule has 0 heterocycles. The van der Waals surface area contributed by atoms with Gasteiger partial charge in [0.05, 0.1) is 4.90 Å². The predicted octanol–water partition coefficient (Wildman–Crippen LogP) is 2.13. The molecule has 0 saturated heterocycles. The molecule has 5 nitrogen and oxygen atoms in total. The Balaban J connectivity index is 2.10. The molecule has 0 unspecified atom stereocenters. The van der Waals surface area contributed by atoms with E-state index in [1.807, 2.05) is 24.3 Å². The summed E-state index contributed by atoms with van der Waals surface area (Å²) >= 11 is 0. The summed E-state index contributed by atoms with van der Waals surface area (Å²) in [6.45, 7) is 0.251. The van der Waals surface area contributed by atoms with Gasteiger partial charge in [-0.2, -0.15) is 0 Å². The molecule has 6 heteroatoms. The van der Waals surface area contributed by atoms with E-state index in [2.05, 4.69) is 4.72 Å². The highest BCUT2D eigenvalue weighted by molar-refractivity contribution is 7.89. The molecule has 2 aromatic rings. The van der Waals surface area contributed by atoms with E-state index in [9.17, 15) is 8.42 Å². The molecule has 2 rings (SSSR count). The van der Waals surface area contributed by atoms with Crippen LogP contribution in [0.1, 0.15) is 6.42 Å². The Morgan fingerprint density at radius 1 is 1.05 bits per heavy atom. The number of ether oxygens (including phenoxy) is 2. The second-order valence-electron chi connectivity index (χ2n) is 4.60. The van der Waals surface area contributed by atoms with Crippen LogP contribution >= 0.6 is 0 Å². The van der Waals surface area contributed by atoms with Gasteiger partial charge in [-0.3, -0.25) is 0 Å². The van der Waals surface area contributed by atoms with E-state index in [1.165, 1.54) is 14.2 Å². The van der Waals surface area contributed by atoms with Crippen molar-refractivity contribution in [3.05, 3.63) is 42.5 Å². The second kappa shape index (κ2) is 7.00. The van der Waals surface area contributed by atoms with Crippen LogP contribution in [-0.4, -0.2) is 35.5 Å². The molecule has 0 aromatic heterocycles. The molecule has 0 saturated carbocycles. The maximum absolute atomic E-state index is 12.2. The van der Waals surface area contributed by atoms with Crippen molar-refractivity contribution in [1.29, 1.82) is 0 Å². The smallest absolute Gasteiger partial charge is 0.240 e. The lowest BCUT2D eigenvalue weighted by molar-refractivity contribution is -0.104. The van der Waals surface area contributed by atoms with Gasteiger partial charge in [0.15, 0.2) is 6.29 Å². The minimum atomic E-state index is -3.52. The highest BCUT2D eigenvalue weighted by Crippen LogP contribution is 2.18. The maximum atomic E-state index is 12.2. The Morgan fingerprint density at radius 2 is 1.71 bits per heavy atom. The van der Waals surface area contributed by atoms with Crippen molar-refractivity contribution in [3.8, 4) is 0 Å². The SMILES string of the molecule is COC(CCNS(=O)(=O)c1ccc2ccccc2c1)OC. The molecule has 0 fully saturated rings. The first-order valence-electron chi connectivity index (χ1n) is 6.61. The fourth-order valence-corrected chi connectivity index (χ4v) is 3.14. The highest BCUT2D eigenvalue weighted by Gasteiger charge is 2.15. The summed E-state index contributed by atoms with van der Waals surface area (Å²) in [5.74, 6) is 0. The summed E-state index contributed by atoms with van der Waals surface area (Å²) in [5.41, 5.74) is 0. The number of hydrogen-bond donors (Lipinski definition) is 1. The normalized spacial score (nSPS) is 12.1. The fraction of sp³-hybridized carbons (Fsp3) is 0.333. The Morgan fingerprint density at radius 3 is 2.38 bits per heavy atom. The fourth-order valence-electron chi connectivity index (χ4n) is 2.06. The summed E-state index contributed by atoms with van der Waals surface area (Å²) in [5, 5.41) is 1.90. The Hall–Kier alpha value is -1.47. The third-order valence-corrected chi connectivity index (χ3v) is 4.69. The molecule has 114 valence electrons. The maximum Gasteiger partial charge on any atom is 0.240 e. The number of methoxy groups -OCH3 is 2. The summed E-state index contributed by atoms with van der Waals surface area (Å²) < 4.78 is 37.1. The molecular formula is C15H19NO4S. The van der Waals surface area contributed by atoms with Crippen molar-refractivity contribution in [3.63, 3.8) is 0 Å². The van der Waals surface area contributed by atoms with E-state index in [4.69, 9.17) is 9.47 Å². The first-order chi connectivity index (χ1) is 10.1. The van der Waals surface area contributed by atoms with Crippen LogP contribution in [0.3, 0.4) is 0 Å². The highest BCUT2D eigenvalue weighted by atomic mass is 32.2. The summed E-state index contributed by atoms with van der Waals surface area (Å²) in [4.78, 5) is 0.257. The number of nitrogens with one attached hydrogen (secondary N) is 1. The molecule has 21 heavy (non-hydrogen) atoms. The molecule has 0 bridgehead atoms. The van der Waals surface area contributed by atoms with Gasteiger partial charge >= 0.3 is 0 Å². The van der Waals surface area contributed by atoms with Gasteiger partial charge in [-0.05, 0) is 22.9 Å². The topological polar surface area (TPSA) is 64.6 Å². The van der Waals surface area contributed by atoms with Crippen LogP contribution in [-0.2, 0) is 19.5 Å². The molecule has 0 radical (unpaired) electrons. The molecular weight excluding hydrogens is 290 g/mol. The van der Waals surface area contributed by atoms with E-state index in [1.54, 1.807) is 18.2 Å². The third kappa shape index (κ3) is 4.01. The van der Waals surface area contributed by atoms with Gasteiger partial charge in [-0.25, -0.2) is 13.1 Å². The van der Waals surface area contributed by atoms with Crippen LogP contribution in [0, 0.1) is 0 Å². The van der Waals surface area contributed by atoms with Crippen LogP contribution in [0.15, 0.2) is 47.4 Å². The summed E-state index contributed by atoms with van der Waals surface area (Å²) in [6.07, 6.45) is 0.0316. The zero-order valence-corrected chi connectivity index (χ0v) is 12.9. The van der Waals surface area contributed by atoms with E-state index in [-0.39, 0.29) is 11.4 Å². The van der Waals surface area contributed by atoms with Crippen molar-refractivity contribution < 1.29 is 17.9 Å².